The maximum Gasteiger partial charge on any atom is 0.320 e. The lowest BCUT2D eigenvalue weighted by Crippen LogP contribution is -2.44. The molecule has 1 heterocycles. The van der Waals surface area contributed by atoms with Crippen LogP contribution in [0.5, 0.6) is 0 Å². The minimum absolute atomic E-state index is 0.0261. The highest BCUT2D eigenvalue weighted by atomic mass is 16.4. The van der Waals surface area contributed by atoms with E-state index in [2.05, 4.69) is 0 Å². The van der Waals surface area contributed by atoms with E-state index in [0.717, 1.165) is 6.42 Å². The standard InChI is InChI=1S/C11H20N2O3/c1-3-12(4-2)10(14)8-13-7-5-6-9(13)11(15)16/h9H,3-8H2,1-2H3,(H,15,16). The van der Waals surface area contributed by atoms with Crippen LogP contribution in [-0.4, -0.2) is 59.0 Å². The van der Waals surface area contributed by atoms with E-state index in [-0.39, 0.29) is 12.5 Å². The minimum Gasteiger partial charge on any atom is -0.480 e. The predicted octanol–water partition coefficient (Wildman–Crippen LogP) is 0.404. The van der Waals surface area contributed by atoms with E-state index in [1.165, 1.54) is 0 Å². The third-order valence-corrected chi connectivity index (χ3v) is 3.10. The van der Waals surface area contributed by atoms with Crippen LogP contribution in [0.2, 0.25) is 0 Å². The molecule has 0 aromatic rings. The highest BCUT2D eigenvalue weighted by Gasteiger charge is 2.32. The molecular weight excluding hydrogens is 208 g/mol. The molecule has 0 bridgehead atoms. The molecule has 0 spiro atoms. The van der Waals surface area contributed by atoms with Gasteiger partial charge in [0.1, 0.15) is 6.04 Å². The number of hydrogen-bond acceptors (Lipinski definition) is 3. The van der Waals surface area contributed by atoms with E-state index >= 15 is 0 Å². The van der Waals surface area contributed by atoms with Gasteiger partial charge in [-0.25, -0.2) is 0 Å². The molecule has 1 saturated heterocycles. The van der Waals surface area contributed by atoms with E-state index < -0.39 is 12.0 Å². The molecule has 0 aromatic carbocycles. The Morgan fingerprint density at radius 1 is 1.38 bits per heavy atom. The van der Waals surface area contributed by atoms with Crippen LogP contribution in [0.4, 0.5) is 0 Å². The Hall–Kier alpha value is -1.10. The van der Waals surface area contributed by atoms with Crippen molar-refractivity contribution in [3.63, 3.8) is 0 Å². The molecule has 1 aliphatic heterocycles. The molecule has 0 radical (unpaired) electrons. The molecule has 1 unspecified atom stereocenters. The van der Waals surface area contributed by atoms with Crippen LogP contribution >= 0.6 is 0 Å². The molecule has 1 rings (SSSR count). The summed E-state index contributed by atoms with van der Waals surface area (Å²) in [7, 11) is 0. The molecule has 92 valence electrons. The molecule has 1 atom stereocenters. The molecule has 1 amide bonds. The van der Waals surface area contributed by atoms with Gasteiger partial charge in [0.25, 0.3) is 0 Å². The number of aliphatic carboxylic acids is 1. The molecule has 0 aliphatic carbocycles. The molecule has 1 aliphatic rings. The van der Waals surface area contributed by atoms with Gasteiger partial charge in [0.15, 0.2) is 0 Å². The van der Waals surface area contributed by atoms with Gasteiger partial charge in [-0.2, -0.15) is 0 Å². The normalized spacial score (nSPS) is 21.0. The number of likely N-dealkylation sites (N-methyl/N-ethyl adjacent to an activating group) is 1. The van der Waals surface area contributed by atoms with Gasteiger partial charge in [-0.3, -0.25) is 14.5 Å². The quantitative estimate of drug-likeness (QED) is 0.740. The zero-order valence-electron chi connectivity index (χ0n) is 9.98. The molecule has 5 heteroatoms. The lowest BCUT2D eigenvalue weighted by atomic mass is 10.2. The third kappa shape index (κ3) is 2.95. The smallest absolute Gasteiger partial charge is 0.320 e. The van der Waals surface area contributed by atoms with Crippen molar-refractivity contribution in [1.29, 1.82) is 0 Å². The monoisotopic (exact) mass is 228 g/mol. The van der Waals surface area contributed by atoms with Crippen molar-refractivity contribution < 1.29 is 14.7 Å². The van der Waals surface area contributed by atoms with Gasteiger partial charge >= 0.3 is 5.97 Å². The summed E-state index contributed by atoms with van der Waals surface area (Å²) >= 11 is 0. The van der Waals surface area contributed by atoms with Crippen molar-refractivity contribution in [1.82, 2.24) is 9.80 Å². The fourth-order valence-corrected chi connectivity index (χ4v) is 2.15. The highest BCUT2D eigenvalue weighted by molar-refractivity contribution is 5.80. The number of hydrogen-bond donors (Lipinski definition) is 1. The first-order chi connectivity index (χ1) is 7.60. The molecule has 0 saturated carbocycles. The number of amides is 1. The summed E-state index contributed by atoms with van der Waals surface area (Å²) in [6.07, 6.45) is 1.52. The third-order valence-electron chi connectivity index (χ3n) is 3.10. The molecule has 0 aromatic heterocycles. The number of carbonyl (C=O) groups excluding carboxylic acids is 1. The number of nitrogens with zero attached hydrogens (tertiary/aromatic N) is 2. The summed E-state index contributed by atoms with van der Waals surface area (Å²) in [6.45, 7) is 6.17. The second-order valence-electron chi connectivity index (χ2n) is 4.03. The lowest BCUT2D eigenvalue weighted by molar-refractivity contribution is -0.143. The highest BCUT2D eigenvalue weighted by Crippen LogP contribution is 2.17. The van der Waals surface area contributed by atoms with Crippen LogP contribution in [0.25, 0.3) is 0 Å². The van der Waals surface area contributed by atoms with Crippen molar-refractivity contribution in [2.75, 3.05) is 26.2 Å². The van der Waals surface area contributed by atoms with E-state index in [9.17, 15) is 9.59 Å². The summed E-state index contributed by atoms with van der Waals surface area (Å²) in [5, 5.41) is 8.98. The minimum atomic E-state index is -0.815. The second-order valence-corrected chi connectivity index (χ2v) is 4.03. The number of likely N-dealkylation sites (tertiary alicyclic amines) is 1. The predicted molar refractivity (Wildman–Crippen MR) is 60.2 cm³/mol. The number of carboxylic acids is 1. The first-order valence-corrected chi connectivity index (χ1v) is 5.84. The maximum atomic E-state index is 11.8. The van der Waals surface area contributed by atoms with Gasteiger partial charge in [-0.05, 0) is 33.2 Å². The maximum absolute atomic E-state index is 11.8. The van der Waals surface area contributed by atoms with Gasteiger partial charge in [-0.1, -0.05) is 0 Å². The van der Waals surface area contributed by atoms with Crippen molar-refractivity contribution in [3.8, 4) is 0 Å². The first-order valence-electron chi connectivity index (χ1n) is 5.84. The van der Waals surface area contributed by atoms with Gasteiger partial charge in [0, 0.05) is 13.1 Å². The Bertz CT molecular complexity index is 264. The number of rotatable bonds is 5. The van der Waals surface area contributed by atoms with Gasteiger partial charge < -0.3 is 10.0 Å². The van der Waals surface area contributed by atoms with E-state index in [1.807, 2.05) is 13.8 Å². The van der Waals surface area contributed by atoms with Crippen molar-refractivity contribution in [3.05, 3.63) is 0 Å². The van der Waals surface area contributed by atoms with Crippen molar-refractivity contribution >= 4 is 11.9 Å². The molecular formula is C11H20N2O3. The Kier molecular flexibility index (Phi) is 4.73. The van der Waals surface area contributed by atoms with E-state index in [4.69, 9.17) is 5.11 Å². The lowest BCUT2D eigenvalue weighted by Gasteiger charge is -2.25. The second kappa shape index (κ2) is 5.84. The van der Waals surface area contributed by atoms with Gasteiger partial charge in [-0.15, -0.1) is 0 Å². The summed E-state index contributed by atoms with van der Waals surface area (Å²) in [5.74, 6) is -0.789. The van der Waals surface area contributed by atoms with Crippen LogP contribution in [-0.2, 0) is 9.59 Å². The topological polar surface area (TPSA) is 60.9 Å². The molecule has 1 N–H and O–H groups in total. The molecule has 1 fully saturated rings. The van der Waals surface area contributed by atoms with Crippen molar-refractivity contribution in [2.24, 2.45) is 0 Å². The molecule has 16 heavy (non-hydrogen) atoms. The van der Waals surface area contributed by atoms with Crippen molar-refractivity contribution in [2.45, 2.75) is 32.7 Å². The Labute approximate surface area is 96.0 Å². The fraction of sp³-hybridized carbons (Fsp3) is 0.818. The zero-order chi connectivity index (χ0) is 12.1. The summed E-state index contributed by atoms with van der Waals surface area (Å²) < 4.78 is 0. The largest absolute Gasteiger partial charge is 0.480 e. The van der Waals surface area contributed by atoms with Crippen LogP contribution in [0, 0.1) is 0 Å². The summed E-state index contributed by atoms with van der Waals surface area (Å²) in [4.78, 5) is 26.3. The van der Waals surface area contributed by atoms with Crippen LogP contribution in [0.1, 0.15) is 26.7 Å². The Balaban J connectivity index is 2.53. The average molecular weight is 228 g/mol. The summed E-state index contributed by atoms with van der Waals surface area (Å²) in [6, 6.07) is -0.473. The molecule has 5 nitrogen and oxygen atoms in total. The zero-order valence-corrected chi connectivity index (χ0v) is 9.98. The van der Waals surface area contributed by atoms with Crippen LogP contribution < -0.4 is 0 Å². The van der Waals surface area contributed by atoms with E-state index in [0.29, 0.717) is 26.1 Å². The van der Waals surface area contributed by atoms with E-state index in [1.54, 1.807) is 9.80 Å². The Morgan fingerprint density at radius 3 is 2.50 bits per heavy atom. The summed E-state index contributed by atoms with van der Waals surface area (Å²) in [5.41, 5.74) is 0. The number of carbonyl (C=O) groups is 2. The van der Waals surface area contributed by atoms with Gasteiger partial charge in [0.2, 0.25) is 5.91 Å². The average Bonchev–Trinajstić information content (AvgIpc) is 2.67. The van der Waals surface area contributed by atoms with Gasteiger partial charge in [0.05, 0.1) is 6.54 Å². The Morgan fingerprint density at radius 2 is 2.00 bits per heavy atom. The number of carboxylic acid groups (broad SMARTS) is 1. The van der Waals surface area contributed by atoms with Crippen LogP contribution in [0.3, 0.4) is 0 Å². The fourth-order valence-electron chi connectivity index (χ4n) is 2.15. The van der Waals surface area contributed by atoms with Crippen LogP contribution in [0.15, 0.2) is 0 Å². The SMILES string of the molecule is CCN(CC)C(=O)CN1CCCC1C(=O)O. The first kappa shape index (κ1) is 13.0.